The number of nitrogens with zero attached hydrogens (tertiary/aromatic N) is 1. The number of carbonyl (C=O) groups excluding carboxylic acids is 1. The van der Waals surface area contributed by atoms with Crippen molar-refractivity contribution in [2.24, 2.45) is 5.41 Å². The molecule has 2 saturated carbocycles. The first-order valence-electron chi connectivity index (χ1n) is 13.0. The van der Waals surface area contributed by atoms with Crippen LogP contribution in [0.15, 0.2) is 77.7 Å². The molecule has 3 aliphatic rings. The number of thioether (sulfide) groups is 1. The number of fused-ring (bicyclic) bond motifs is 2. The van der Waals surface area contributed by atoms with Gasteiger partial charge in [0.1, 0.15) is 0 Å². The van der Waals surface area contributed by atoms with E-state index in [1.807, 2.05) is 53.4 Å². The summed E-state index contributed by atoms with van der Waals surface area (Å²) in [6.45, 7) is 0.654. The second-order valence-corrected chi connectivity index (χ2v) is 13.9. The van der Waals surface area contributed by atoms with Crippen LogP contribution >= 0.6 is 11.8 Å². The molecule has 1 heterocycles. The van der Waals surface area contributed by atoms with Gasteiger partial charge in [0.05, 0.1) is 6.26 Å². The second kappa shape index (κ2) is 9.21. The minimum atomic E-state index is -3.38. The van der Waals surface area contributed by atoms with Crippen molar-refractivity contribution < 1.29 is 13.2 Å². The highest BCUT2D eigenvalue weighted by Crippen LogP contribution is 2.62. The monoisotopic (exact) mass is 532 g/mol. The summed E-state index contributed by atoms with van der Waals surface area (Å²) in [7, 11) is -3.38. The van der Waals surface area contributed by atoms with Crippen LogP contribution in [0.2, 0.25) is 0 Å². The smallest absolute Gasteiger partial charge is 0.258 e. The van der Waals surface area contributed by atoms with Gasteiger partial charge in [-0.1, -0.05) is 36.4 Å². The van der Waals surface area contributed by atoms with E-state index in [4.69, 9.17) is 0 Å². The van der Waals surface area contributed by atoms with Crippen LogP contribution in [0, 0.1) is 5.41 Å². The van der Waals surface area contributed by atoms with Gasteiger partial charge in [-0.15, -0.1) is 11.8 Å². The van der Waals surface area contributed by atoms with Crippen LogP contribution in [-0.2, 0) is 21.2 Å². The van der Waals surface area contributed by atoms with Crippen LogP contribution in [0.3, 0.4) is 0 Å². The van der Waals surface area contributed by atoms with Gasteiger partial charge in [0.25, 0.3) is 5.91 Å². The summed E-state index contributed by atoms with van der Waals surface area (Å²) >= 11 is 1.73. The molecule has 37 heavy (non-hydrogen) atoms. The minimum Gasteiger partial charge on any atom is -0.307 e. The summed E-state index contributed by atoms with van der Waals surface area (Å²) < 4.78 is 26.5. The van der Waals surface area contributed by atoms with Crippen LogP contribution in [0.5, 0.6) is 0 Å². The number of hydrogen-bond donors (Lipinski definition) is 1. The van der Waals surface area contributed by atoms with E-state index in [1.165, 1.54) is 37.5 Å². The predicted octanol–water partition coefficient (Wildman–Crippen LogP) is 6.60. The molecule has 0 radical (unpaired) electrons. The highest BCUT2D eigenvalue weighted by Gasteiger charge is 2.53. The van der Waals surface area contributed by atoms with Crippen LogP contribution < -0.4 is 9.62 Å². The van der Waals surface area contributed by atoms with Gasteiger partial charge >= 0.3 is 0 Å². The summed E-state index contributed by atoms with van der Waals surface area (Å²) in [4.78, 5) is 16.9. The largest absolute Gasteiger partial charge is 0.307 e. The molecule has 3 aromatic rings. The van der Waals surface area contributed by atoms with Gasteiger partial charge in [-0.3, -0.25) is 9.52 Å². The van der Waals surface area contributed by atoms with Crippen LogP contribution in [-0.4, -0.2) is 27.1 Å². The number of sulfonamides is 1. The lowest BCUT2D eigenvalue weighted by Crippen LogP contribution is -2.39. The van der Waals surface area contributed by atoms with Crippen molar-refractivity contribution in [3.8, 4) is 0 Å². The number of nitrogens with one attached hydrogen (secondary N) is 1. The normalized spacial score (nSPS) is 19.1. The molecule has 5 nitrogen and oxygen atoms in total. The van der Waals surface area contributed by atoms with E-state index in [-0.39, 0.29) is 11.3 Å². The third-order valence-electron chi connectivity index (χ3n) is 8.42. The van der Waals surface area contributed by atoms with E-state index in [1.54, 1.807) is 17.8 Å². The molecule has 0 aromatic heterocycles. The first-order chi connectivity index (χ1) is 17.7. The lowest BCUT2D eigenvalue weighted by molar-refractivity contribution is 0.0980. The van der Waals surface area contributed by atoms with Gasteiger partial charge in [0.2, 0.25) is 10.0 Å². The Hall–Kier alpha value is -2.77. The zero-order valence-corrected chi connectivity index (χ0v) is 22.7. The van der Waals surface area contributed by atoms with Gasteiger partial charge < -0.3 is 4.90 Å². The molecule has 192 valence electrons. The minimum absolute atomic E-state index is 0.0100. The fraction of sp³-hybridized carbons (Fsp3) is 0.367. The van der Waals surface area contributed by atoms with Crippen molar-refractivity contribution in [1.82, 2.24) is 0 Å². The summed E-state index contributed by atoms with van der Waals surface area (Å²) in [5.74, 6) is 0.863. The van der Waals surface area contributed by atoms with Gasteiger partial charge in [-0.2, -0.15) is 0 Å². The molecule has 1 N–H and O–H groups in total. The van der Waals surface area contributed by atoms with E-state index in [2.05, 4.69) is 22.9 Å². The SMILES string of the molecule is CS(=O)(=O)Nc1ccc2c(c1)C1(CCC3(CC3)CC1)CN2C(=O)c1cccc(SCc2ccccc2)c1. The number of carbonyl (C=O) groups is 1. The van der Waals surface area contributed by atoms with E-state index in [0.29, 0.717) is 23.2 Å². The molecule has 0 unspecified atom stereocenters. The van der Waals surface area contributed by atoms with Crippen LogP contribution in [0.4, 0.5) is 11.4 Å². The zero-order valence-electron chi connectivity index (χ0n) is 21.1. The fourth-order valence-corrected chi connectivity index (χ4v) is 7.57. The highest BCUT2D eigenvalue weighted by atomic mass is 32.2. The molecule has 0 atom stereocenters. The summed E-state index contributed by atoms with van der Waals surface area (Å²) in [6, 6.07) is 23.9. The topological polar surface area (TPSA) is 66.5 Å². The average molecular weight is 533 g/mol. The second-order valence-electron chi connectivity index (χ2n) is 11.1. The molecule has 1 aliphatic heterocycles. The Balaban J connectivity index is 1.28. The van der Waals surface area contributed by atoms with Gasteiger partial charge in [-0.25, -0.2) is 8.42 Å². The van der Waals surface area contributed by atoms with E-state index in [9.17, 15) is 13.2 Å². The molecule has 2 fully saturated rings. The van der Waals surface area contributed by atoms with Crippen molar-refractivity contribution in [3.63, 3.8) is 0 Å². The molecular formula is C30H32N2O3S2. The Kier molecular flexibility index (Phi) is 6.11. The average Bonchev–Trinajstić information content (AvgIpc) is 3.59. The quantitative estimate of drug-likeness (QED) is 0.363. The Morgan fingerprint density at radius 2 is 1.65 bits per heavy atom. The third kappa shape index (κ3) is 5.04. The number of benzene rings is 3. The molecule has 1 amide bonds. The summed E-state index contributed by atoms with van der Waals surface area (Å²) in [5, 5.41) is 0. The molecule has 6 rings (SSSR count). The van der Waals surface area contributed by atoms with Crippen molar-refractivity contribution in [2.75, 3.05) is 22.4 Å². The number of amides is 1. The Labute approximate surface area is 223 Å². The summed E-state index contributed by atoms with van der Waals surface area (Å²) in [6.07, 6.45) is 8.27. The molecule has 7 heteroatoms. The van der Waals surface area contributed by atoms with Crippen LogP contribution in [0.25, 0.3) is 0 Å². The van der Waals surface area contributed by atoms with Crippen molar-refractivity contribution in [1.29, 1.82) is 0 Å². The maximum absolute atomic E-state index is 13.9. The van der Waals surface area contributed by atoms with Gasteiger partial charge in [0.15, 0.2) is 0 Å². The van der Waals surface area contributed by atoms with Crippen molar-refractivity contribution in [2.45, 2.75) is 54.6 Å². The van der Waals surface area contributed by atoms with Gasteiger partial charge in [0, 0.05) is 39.5 Å². The fourth-order valence-electron chi connectivity index (χ4n) is 6.11. The van der Waals surface area contributed by atoms with E-state index < -0.39 is 10.0 Å². The molecule has 0 bridgehead atoms. The van der Waals surface area contributed by atoms with Crippen molar-refractivity contribution in [3.05, 3.63) is 89.5 Å². The van der Waals surface area contributed by atoms with Crippen LogP contribution in [0.1, 0.15) is 60.0 Å². The standard InChI is InChI=1S/C30H32N2O3S2/c1-37(34,35)31-24-10-11-27-26(19-24)30(16-14-29(12-13-29)15-17-30)21-32(27)28(33)23-8-5-9-25(18-23)36-20-22-6-3-2-4-7-22/h2-11,18-19,31H,12-17,20-21H2,1H3. The lowest BCUT2D eigenvalue weighted by Gasteiger charge is -2.38. The maximum atomic E-state index is 13.9. The van der Waals surface area contributed by atoms with E-state index >= 15 is 0 Å². The molecule has 2 spiro atoms. The number of anilines is 2. The maximum Gasteiger partial charge on any atom is 0.258 e. The van der Waals surface area contributed by atoms with E-state index in [0.717, 1.165) is 34.7 Å². The number of hydrogen-bond acceptors (Lipinski definition) is 4. The molecule has 2 aliphatic carbocycles. The Bertz CT molecular complexity index is 1440. The summed E-state index contributed by atoms with van der Waals surface area (Å²) in [5.41, 5.74) is 4.94. The predicted molar refractivity (Wildman–Crippen MR) is 151 cm³/mol. The number of rotatable bonds is 6. The third-order valence-corrected chi connectivity index (χ3v) is 10.1. The zero-order chi connectivity index (χ0) is 25.7. The van der Waals surface area contributed by atoms with Crippen molar-refractivity contribution >= 4 is 39.1 Å². The molecule has 3 aromatic carbocycles. The Morgan fingerprint density at radius 1 is 0.919 bits per heavy atom. The first-order valence-corrected chi connectivity index (χ1v) is 15.8. The van der Waals surface area contributed by atoms with Gasteiger partial charge in [-0.05, 0) is 91.5 Å². The molecule has 0 saturated heterocycles. The first kappa shape index (κ1) is 24.6. The lowest BCUT2D eigenvalue weighted by atomic mass is 9.66. The molecular weight excluding hydrogens is 500 g/mol. The Morgan fingerprint density at radius 3 is 2.35 bits per heavy atom. The highest BCUT2D eigenvalue weighted by molar-refractivity contribution is 7.98.